The molecule has 34 heavy (non-hydrogen) atoms. The molecule has 5 rings (SSSR count). The first-order valence-electron chi connectivity index (χ1n) is 11.0. The Bertz CT molecular complexity index is 1180. The summed E-state index contributed by atoms with van der Waals surface area (Å²) in [5.41, 5.74) is 3.76. The van der Waals surface area contributed by atoms with Crippen LogP contribution in [0.1, 0.15) is 17.7 Å². The minimum Gasteiger partial charge on any atom is -0.412 e. The van der Waals surface area contributed by atoms with Gasteiger partial charge in [-0.1, -0.05) is 23.8 Å². The molecule has 2 aromatic carbocycles. The normalized spacial score (nSPS) is 20.6. The van der Waals surface area contributed by atoms with Gasteiger partial charge < -0.3 is 15.3 Å². The molecule has 2 heterocycles. The summed E-state index contributed by atoms with van der Waals surface area (Å²) in [7, 11) is -1.26. The molecule has 1 fully saturated rings. The topological polar surface area (TPSA) is 99.1 Å². The molecule has 0 saturated carbocycles. The van der Waals surface area contributed by atoms with Gasteiger partial charge in [0.2, 0.25) is 0 Å². The van der Waals surface area contributed by atoms with E-state index in [1.54, 1.807) is 12.1 Å². The minimum atomic E-state index is -1.26. The first-order chi connectivity index (χ1) is 16.1. The van der Waals surface area contributed by atoms with Crippen LogP contribution >= 0.6 is 0 Å². The zero-order chi connectivity index (χ0) is 22.8. The van der Waals surface area contributed by atoms with E-state index in [4.69, 9.17) is 4.74 Å². The van der Waals surface area contributed by atoms with E-state index in [0.29, 0.717) is 26.1 Å². The predicted octanol–water partition coefficient (Wildman–Crippen LogP) is 2.55. The first-order valence-corrected chi connectivity index (χ1v) is 12.1. The molecule has 1 unspecified atom stereocenters. The Kier molecular flexibility index (Phi) is 7.39. The molecule has 3 N–H and O–H groups in total. The van der Waals surface area contributed by atoms with Crippen molar-refractivity contribution in [3.8, 4) is 5.69 Å². The molecular weight excluding hydrogens is 457 g/mol. The van der Waals surface area contributed by atoms with E-state index in [0.717, 1.165) is 28.3 Å². The van der Waals surface area contributed by atoms with E-state index in [1.165, 1.54) is 17.7 Å². The fourth-order valence-corrected chi connectivity index (χ4v) is 6.08. The maximum atomic E-state index is 13.4. The Balaban J connectivity index is 0.00000274. The summed E-state index contributed by atoms with van der Waals surface area (Å²) in [6.45, 7) is 1.92. The van der Waals surface area contributed by atoms with E-state index in [2.05, 4.69) is 11.2 Å². The molecule has 1 saturated heterocycles. The van der Waals surface area contributed by atoms with Crippen LogP contribution in [0.25, 0.3) is 11.8 Å². The Morgan fingerprint density at radius 1 is 1.15 bits per heavy atom. The van der Waals surface area contributed by atoms with E-state index in [9.17, 15) is 13.7 Å². The molecular formula is C25H28FN3O4S. The number of aliphatic hydroxyl groups is 1. The summed E-state index contributed by atoms with van der Waals surface area (Å²) in [5.74, 6) is -0.281. The molecule has 1 aliphatic heterocycles. The van der Waals surface area contributed by atoms with E-state index in [1.807, 2.05) is 45.5 Å². The average molecular weight is 486 g/mol. The van der Waals surface area contributed by atoms with E-state index < -0.39 is 11.0 Å². The molecule has 7 nitrogen and oxygen atoms in total. The lowest BCUT2D eigenvalue weighted by molar-refractivity contribution is 0.0242. The fraction of sp³-hybridized carbons (Fsp3) is 0.320. The number of fused-ring (bicyclic) bond motifs is 2. The number of ether oxygens (including phenoxy) is 1. The summed E-state index contributed by atoms with van der Waals surface area (Å²) < 4.78 is 36.4. The van der Waals surface area contributed by atoms with Gasteiger partial charge in [-0.05, 0) is 60.9 Å². The summed E-state index contributed by atoms with van der Waals surface area (Å²) in [6, 6.07) is 15.8. The molecule has 180 valence electrons. The number of halogens is 1. The predicted molar refractivity (Wildman–Crippen MR) is 128 cm³/mol. The Labute approximate surface area is 200 Å². The largest absolute Gasteiger partial charge is 0.412 e. The van der Waals surface area contributed by atoms with Gasteiger partial charge in [-0.3, -0.25) is 0 Å². The molecule has 0 radical (unpaired) electrons. The molecule has 9 heteroatoms. The van der Waals surface area contributed by atoms with Crippen molar-refractivity contribution in [1.29, 1.82) is 0 Å². The smallest absolute Gasteiger partial charge is 0.127 e. The number of benzene rings is 2. The maximum absolute atomic E-state index is 13.4. The van der Waals surface area contributed by atoms with Crippen LogP contribution in [0.15, 0.2) is 71.3 Å². The monoisotopic (exact) mass is 485 g/mol. The lowest BCUT2D eigenvalue weighted by Crippen LogP contribution is -2.50. The minimum absolute atomic E-state index is 0. The van der Waals surface area contributed by atoms with Crippen LogP contribution in [0.3, 0.4) is 0 Å². The molecule has 3 aromatic rings. The van der Waals surface area contributed by atoms with Gasteiger partial charge in [0.1, 0.15) is 16.8 Å². The van der Waals surface area contributed by atoms with Crippen LogP contribution in [0.4, 0.5) is 4.39 Å². The highest BCUT2D eigenvalue weighted by atomic mass is 32.2. The Morgan fingerprint density at radius 2 is 1.91 bits per heavy atom. The van der Waals surface area contributed by atoms with Crippen LogP contribution < -0.4 is 0 Å². The number of aromatic nitrogens is 2. The number of rotatable bonds is 7. The van der Waals surface area contributed by atoms with Crippen LogP contribution in [0, 0.1) is 11.2 Å². The van der Waals surface area contributed by atoms with E-state index >= 15 is 0 Å². The highest BCUT2D eigenvalue weighted by molar-refractivity contribution is 7.82. The van der Waals surface area contributed by atoms with Gasteiger partial charge in [-0.15, -0.1) is 0 Å². The van der Waals surface area contributed by atoms with Crippen molar-refractivity contribution >= 4 is 17.1 Å². The van der Waals surface area contributed by atoms with Crippen LogP contribution in [0.2, 0.25) is 0 Å². The standard InChI is InChI=1S/C25H26FN3O3S.H2O/c26-21-6-8-22(9-7-21)29-24-14-20-10-11-28(33(31)23-4-2-1-3-5-23)17-25(20,18-32-13-12-30)15-19(24)16-27-29;/h1-9,14,16,30H,10-13,15,17-18H2;1H2/t25-,33?;/m1./s1. The Hall–Kier alpha value is -2.69. The number of nitrogens with zero attached hydrogens (tertiary/aromatic N) is 3. The second-order valence-electron chi connectivity index (χ2n) is 8.52. The van der Waals surface area contributed by atoms with Gasteiger partial charge in [0.05, 0.1) is 42.3 Å². The average Bonchev–Trinajstić information content (AvgIpc) is 3.25. The van der Waals surface area contributed by atoms with Gasteiger partial charge in [0, 0.05) is 18.5 Å². The molecule has 1 aliphatic carbocycles. The van der Waals surface area contributed by atoms with Crippen molar-refractivity contribution in [2.24, 2.45) is 5.41 Å². The Morgan fingerprint density at radius 3 is 2.65 bits per heavy atom. The first kappa shape index (κ1) is 24.4. The van der Waals surface area contributed by atoms with Crippen molar-refractivity contribution in [2.45, 2.75) is 17.7 Å². The maximum Gasteiger partial charge on any atom is 0.127 e. The number of hydrogen-bond donors (Lipinski definition) is 1. The zero-order valence-electron chi connectivity index (χ0n) is 18.7. The van der Waals surface area contributed by atoms with Gasteiger partial charge in [0.15, 0.2) is 0 Å². The van der Waals surface area contributed by atoms with Crippen molar-refractivity contribution in [3.05, 3.63) is 83.4 Å². The van der Waals surface area contributed by atoms with Crippen LogP contribution in [0.5, 0.6) is 0 Å². The van der Waals surface area contributed by atoms with Crippen molar-refractivity contribution in [1.82, 2.24) is 14.1 Å². The second kappa shape index (κ2) is 10.3. The van der Waals surface area contributed by atoms with Gasteiger partial charge in [-0.25, -0.2) is 17.6 Å². The third-order valence-corrected chi connectivity index (χ3v) is 7.84. The van der Waals surface area contributed by atoms with Crippen LogP contribution in [-0.2, 0) is 22.1 Å². The van der Waals surface area contributed by atoms with Crippen molar-refractivity contribution in [2.75, 3.05) is 32.9 Å². The summed E-state index contributed by atoms with van der Waals surface area (Å²) in [5, 5.41) is 13.8. The molecule has 0 bridgehead atoms. The third-order valence-electron chi connectivity index (χ3n) is 6.38. The lowest BCUT2D eigenvalue weighted by atomic mass is 9.69. The van der Waals surface area contributed by atoms with Crippen molar-refractivity contribution in [3.63, 3.8) is 0 Å². The van der Waals surface area contributed by atoms with Gasteiger partial charge >= 0.3 is 0 Å². The molecule has 1 aromatic heterocycles. The molecule has 2 aliphatic rings. The van der Waals surface area contributed by atoms with Crippen molar-refractivity contribution < 1.29 is 23.9 Å². The second-order valence-corrected chi connectivity index (χ2v) is 10.0. The third kappa shape index (κ3) is 4.62. The summed E-state index contributed by atoms with van der Waals surface area (Å²) >= 11 is 0. The SMILES string of the molecule is O.O=S(c1ccccc1)N1CCC2=Cc3c(cnn3-c3ccc(F)cc3)C[C@]2(COCCO)C1. The number of aliphatic hydroxyl groups excluding tert-OH is 1. The van der Waals surface area contributed by atoms with Gasteiger partial charge in [0.25, 0.3) is 0 Å². The fourth-order valence-electron chi connectivity index (χ4n) is 4.77. The summed E-state index contributed by atoms with van der Waals surface area (Å²) in [4.78, 5) is 0.789. The zero-order valence-corrected chi connectivity index (χ0v) is 19.5. The number of piperidine rings is 1. The van der Waals surface area contributed by atoms with Crippen LogP contribution in [-0.4, -0.2) is 61.8 Å². The molecule has 2 atom stereocenters. The quantitative estimate of drug-likeness (QED) is 0.520. The highest BCUT2D eigenvalue weighted by Gasteiger charge is 2.44. The van der Waals surface area contributed by atoms with E-state index in [-0.39, 0.29) is 29.9 Å². The van der Waals surface area contributed by atoms with Gasteiger partial charge in [-0.2, -0.15) is 5.10 Å². The molecule has 0 amide bonds. The molecule has 0 spiro atoms. The summed E-state index contributed by atoms with van der Waals surface area (Å²) in [6.07, 6.45) is 5.48. The lowest BCUT2D eigenvalue weighted by Gasteiger charge is -2.45. The number of hydrogen-bond acceptors (Lipinski definition) is 4. The highest BCUT2D eigenvalue weighted by Crippen LogP contribution is 2.45.